The van der Waals surface area contributed by atoms with Crippen molar-refractivity contribution < 1.29 is 14.7 Å². The Morgan fingerprint density at radius 3 is 2.86 bits per heavy atom. The average molecular weight is 294 g/mol. The quantitative estimate of drug-likeness (QED) is 0.887. The van der Waals surface area contributed by atoms with Crippen LogP contribution in [0.25, 0.3) is 0 Å². The molecule has 116 valence electrons. The number of rotatable bonds is 5. The fourth-order valence-electron chi connectivity index (χ4n) is 2.82. The highest BCUT2D eigenvalue weighted by molar-refractivity contribution is 5.84. The van der Waals surface area contributed by atoms with E-state index in [1.165, 1.54) is 30.1 Å². The molecule has 0 bridgehead atoms. The third kappa shape index (κ3) is 4.27. The van der Waals surface area contributed by atoms with Gasteiger partial charge >= 0.3 is 5.97 Å². The van der Waals surface area contributed by atoms with Gasteiger partial charge in [0.2, 0.25) is 5.91 Å². The maximum Gasteiger partial charge on any atom is 0.358 e. The molecular weight excluding hydrogens is 272 g/mol. The SMILES string of the molecule is CCCC1CCCN(C(=O)Cn2cc(C(=O)O)nn2)CC1. The topological polar surface area (TPSA) is 88.3 Å². The molecule has 0 radical (unpaired) electrons. The first-order valence-corrected chi connectivity index (χ1v) is 7.51. The normalized spacial score (nSPS) is 19.3. The van der Waals surface area contributed by atoms with E-state index in [0.717, 1.165) is 31.8 Å². The van der Waals surface area contributed by atoms with Gasteiger partial charge in [-0.25, -0.2) is 9.48 Å². The minimum Gasteiger partial charge on any atom is -0.476 e. The monoisotopic (exact) mass is 294 g/mol. The van der Waals surface area contributed by atoms with E-state index in [1.54, 1.807) is 0 Å². The van der Waals surface area contributed by atoms with Crippen molar-refractivity contribution in [1.82, 2.24) is 19.9 Å². The summed E-state index contributed by atoms with van der Waals surface area (Å²) >= 11 is 0. The van der Waals surface area contributed by atoms with Crippen LogP contribution >= 0.6 is 0 Å². The van der Waals surface area contributed by atoms with E-state index in [4.69, 9.17) is 5.11 Å². The van der Waals surface area contributed by atoms with Crippen molar-refractivity contribution in [1.29, 1.82) is 0 Å². The minimum atomic E-state index is -1.13. The molecule has 2 heterocycles. The van der Waals surface area contributed by atoms with E-state index in [9.17, 15) is 9.59 Å². The molecule has 7 nitrogen and oxygen atoms in total. The van der Waals surface area contributed by atoms with E-state index >= 15 is 0 Å². The minimum absolute atomic E-state index is 0.0195. The van der Waals surface area contributed by atoms with Crippen LogP contribution in [0.1, 0.15) is 49.5 Å². The number of carbonyl (C=O) groups excluding carboxylic acids is 1. The molecule has 1 aromatic heterocycles. The molecule has 1 aliphatic heterocycles. The number of likely N-dealkylation sites (tertiary alicyclic amines) is 1. The van der Waals surface area contributed by atoms with Gasteiger partial charge in [-0.3, -0.25) is 4.79 Å². The second kappa shape index (κ2) is 7.19. The van der Waals surface area contributed by atoms with Crippen LogP contribution in [-0.4, -0.2) is 50.0 Å². The van der Waals surface area contributed by atoms with E-state index in [2.05, 4.69) is 17.2 Å². The number of amides is 1. The van der Waals surface area contributed by atoms with Gasteiger partial charge in [-0.15, -0.1) is 5.10 Å². The average Bonchev–Trinajstić information content (AvgIpc) is 2.78. The second-order valence-corrected chi connectivity index (χ2v) is 5.57. The van der Waals surface area contributed by atoms with Gasteiger partial charge in [0.05, 0.1) is 6.20 Å². The third-order valence-corrected chi connectivity index (χ3v) is 3.95. The predicted molar refractivity (Wildman–Crippen MR) is 75.8 cm³/mol. The Hall–Kier alpha value is -1.92. The molecule has 1 amide bonds. The van der Waals surface area contributed by atoms with Gasteiger partial charge < -0.3 is 10.0 Å². The lowest BCUT2D eigenvalue weighted by Gasteiger charge is -2.20. The maximum absolute atomic E-state index is 12.3. The number of nitrogens with zero attached hydrogens (tertiary/aromatic N) is 4. The number of carbonyl (C=O) groups is 2. The van der Waals surface area contributed by atoms with Crippen molar-refractivity contribution in [3.8, 4) is 0 Å². The molecule has 0 aromatic carbocycles. The third-order valence-electron chi connectivity index (χ3n) is 3.95. The summed E-state index contributed by atoms with van der Waals surface area (Å²) in [5.41, 5.74) is -0.137. The molecule has 1 fully saturated rings. The summed E-state index contributed by atoms with van der Waals surface area (Å²) in [4.78, 5) is 24.8. The first kappa shape index (κ1) is 15.5. The second-order valence-electron chi connectivity index (χ2n) is 5.57. The van der Waals surface area contributed by atoms with E-state index in [-0.39, 0.29) is 18.1 Å². The van der Waals surface area contributed by atoms with Crippen LogP contribution in [0.4, 0.5) is 0 Å². The standard InChI is InChI=1S/C14H22N4O3/c1-2-4-11-5-3-7-17(8-6-11)13(19)10-18-9-12(14(20)21)15-16-18/h9,11H,2-8,10H2,1H3,(H,20,21). The maximum atomic E-state index is 12.3. The summed E-state index contributed by atoms with van der Waals surface area (Å²) in [5.74, 6) is -0.433. The summed E-state index contributed by atoms with van der Waals surface area (Å²) < 4.78 is 1.29. The van der Waals surface area contributed by atoms with Crippen LogP contribution in [-0.2, 0) is 11.3 Å². The van der Waals surface area contributed by atoms with Crippen LogP contribution < -0.4 is 0 Å². The molecule has 1 aliphatic rings. The molecule has 1 atom stereocenters. The smallest absolute Gasteiger partial charge is 0.358 e. The van der Waals surface area contributed by atoms with Crippen LogP contribution in [0.5, 0.6) is 0 Å². The zero-order chi connectivity index (χ0) is 15.2. The number of aromatic carboxylic acids is 1. The van der Waals surface area contributed by atoms with E-state index in [1.807, 2.05) is 4.90 Å². The summed E-state index contributed by atoms with van der Waals surface area (Å²) in [6.07, 6.45) is 6.98. The molecule has 21 heavy (non-hydrogen) atoms. The molecule has 1 unspecified atom stereocenters. The van der Waals surface area contributed by atoms with Gasteiger partial charge in [0.25, 0.3) is 0 Å². The van der Waals surface area contributed by atoms with Gasteiger partial charge in [0.1, 0.15) is 6.54 Å². The lowest BCUT2D eigenvalue weighted by Crippen LogP contribution is -2.34. The van der Waals surface area contributed by atoms with Gasteiger partial charge in [0.15, 0.2) is 5.69 Å². The van der Waals surface area contributed by atoms with Gasteiger partial charge in [-0.05, 0) is 25.2 Å². The van der Waals surface area contributed by atoms with Crippen molar-refractivity contribution in [3.05, 3.63) is 11.9 Å². The number of carboxylic acid groups (broad SMARTS) is 1. The molecule has 0 spiro atoms. The molecule has 1 N–H and O–H groups in total. The van der Waals surface area contributed by atoms with Gasteiger partial charge in [-0.2, -0.15) is 0 Å². The summed E-state index contributed by atoms with van der Waals surface area (Å²) in [5, 5.41) is 16.0. The lowest BCUT2D eigenvalue weighted by molar-refractivity contribution is -0.132. The molecule has 1 aromatic rings. The number of hydrogen-bond donors (Lipinski definition) is 1. The van der Waals surface area contributed by atoms with Crippen molar-refractivity contribution in [2.45, 2.75) is 45.6 Å². The number of carboxylic acids is 1. The molecule has 7 heteroatoms. The first-order chi connectivity index (χ1) is 10.1. The molecule has 0 saturated carbocycles. The Kier molecular flexibility index (Phi) is 5.30. The van der Waals surface area contributed by atoms with Crippen molar-refractivity contribution in [2.75, 3.05) is 13.1 Å². The van der Waals surface area contributed by atoms with Crippen LogP contribution in [0, 0.1) is 5.92 Å². The van der Waals surface area contributed by atoms with Crippen LogP contribution in [0.3, 0.4) is 0 Å². The van der Waals surface area contributed by atoms with E-state index in [0.29, 0.717) is 0 Å². The molecular formula is C14H22N4O3. The molecule has 0 aliphatic carbocycles. The Morgan fingerprint density at radius 1 is 1.38 bits per heavy atom. The van der Waals surface area contributed by atoms with Crippen molar-refractivity contribution in [2.24, 2.45) is 5.92 Å². The Morgan fingerprint density at radius 2 is 2.19 bits per heavy atom. The Bertz CT molecular complexity index is 500. The molecule has 2 rings (SSSR count). The zero-order valence-corrected chi connectivity index (χ0v) is 12.4. The number of aromatic nitrogens is 3. The summed E-state index contributed by atoms with van der Waals surface area (Å²) in [6, 6.07) is 0. The predicted octanol–water partition coefficient (Wildman–Crippen LogP) is 1.41. The van der Waals surface area contributed by atoms with Crippen LogP contribution in [0.2, 0.25) is 0 Å². The summed E-state index contributed by atoms with van der Waals surface area (Å²) in [7, 11) is 0. The van der Waals surface area contributed by atoms with Gasteiger partial charge in [-0.1, -0.05) is 25.0 Å². The fourth-order valence-corrected chi connectivity index (χ4v) is 2.82. The van der Waals surface area contributed by atoms with Crippen molar-refractivity contribution in [3.63, 3.8) is 0 Å². The highest BCUT2D eigenvalue weighted by atomic mass is 16.4. The largest absolute Gasteiger partial charge is 0.476 e. The fraction of sp³-hybridized carbons (Fsp3) is 0.714. The summed E-state index contributed by atoms with van der Waals surface area (Å²) in [6.45, 7) is 3.81. The first-order valence-electron chi connectivity index (χ1n) is 7.51. The van der Waals surface area contributed by atoms with Crippen molar-refractivity contribution >= 4 is 11.9 Å². The Labute approximate surface area is 123 Å². The highest BCUT2D eigenvalue weighted by Gasteiger charge is 2.21. The van der Waals surface area contributed by atoms with E-state index < -0.39 is 5.97 Å². The zero-order valence-electron chi connectivity index (χ0n) is 12.4. The lowest BCUT2D eigenvalue weighted by atomic mass is 9.96. The highest BCUT2D eigenvalue weighted by Crippen LogP contribution is 2.22. The van der Waals surface area contributed by atoms with Gasteiger partial charge in [0, 0.05) is 13.1 Å². The molecule has 1 saturated heterocycles. The Balaban J connectivity index is 1.89. The number of hydrogen-bond acceptors (Lipinski definition) is 4. The van der Waals surface area contributed by atoms with Crippen LogP contribution in [0.15, 0.2) is 6.20 Å².